The molecule has 32 heavy (non-hydrogen) atoms. The summed E-state index contributed by atoms with van der Waals surface area (Å²) in [6.45, 7) is 0.442. The van der Waals surface area contributed by atoms with Gasteiger partial charge in [-0.1, -0.05) is 71.2 Å². The van der Waals surface area contributed by atoms with Gasteiger partial charge in [0.2, 0.25) is 0 Å². The minimum atomic E-state index is -0.336. The number of thioether (sulfide) groups is 1. The Morgan fingerprint density at radius 2 is 1.62 bits per heavy atom. The first-order chi connectivity index (χ1) is 15.4. The Morgan fingerprint density at radius 1 is 0.875 bits per heavy atom. The first-order valence-corrected chi connectivity index (χ1v) is 11.5. The first kappa shape index (κ1) is 22.7. The Balaban J connectivity index is 1.42. The molecule has 1 aliphatic heterocycles. The molecular weight excluding hydrogens is 489 g/mol. The fraction of sp³-hybridized carbons (Fsp3) is 0.0833. The van der Waals surface area contributed by atoms with Gasteiger partial charge in [0.25, 0.3) is 11.1 Å². The summed E-state index contributed by atoms with van der Waals surface area (Å²) in [6.07, 6.45) is 1.69. The Morgan fingerprint density at radius 3 is 2.34 bits per heavy atom. The van der Waals surface area contributed by atoms with Crippen LogP contribution in [0.2, 0.25) is 15.1 Å². The standard InChI is InChI=1S/C24H16Cl3NO3S/c25-18-8-7-17(21(27)12-18)14-31-19-9-5-15(6-10-19)11-22-23(29)28(24(30)32-22)13-16-3-1-2-4-20(16)26/h1-12H,13-14H2/b22-11+. The van der Waals surface area contributed by atoms with Crippen molar-refractivity contribution in [2.45, 2.75) is 13.2 Å². The van der Waals surface area contributed by atoms with Gasteiger partial charge in [0.1, 0.15) is 12.4 Å². The fourth-order valence-corrected chi connectivity index (χ4v) is 4.54. The van der Waals surface area contributed by atoms with Gasteiger partial charge in [-0.3, -0.25) is 14.5 Å². The van der Waals surface area contributed by atoms with Gasteiger partial charge >= 0.3 is 0 Å². The van der Waals surface area contributed by atoms with Crippen LogP contribution in [0.1, 0.15) is 16.7 Å². The number of carbonyl (C=O) groups excluding carboxylic acids is 2. The summed E-state index contributed by atoms with van der Waals surface area (Å²) in [6, 6.07) is 19.6. The maximum Gasteiger partial charge on any atom is 0.293 e. The van der Waals surface area contributed by atoms with E-state index in [9.17, 15) is 9.59 Å². The highest BCUT2D eigenvalue weighted by molar-refractivity contribution is 8.18. The van der Waals surface area contributed by atoms with Gasteiger partial charge in [-0.25, -0.2) is 0 Å². The van der Waals surface area contributed by atoms with Crippen LogP contribution in [0.4, 0.5) is 4.79 Å². The largest absolute Gasteiger partial charge is 0.489 e. The molecule has 0 N–H and O–H groups in total. The normalized spacial score (nSPS) is 15.0. The van der Waals surface area contributed by atoms with Gasteiger partial charge in [-0.2, -0.15) is 0 Å². The third kappa shape index (κ3) is 5.30. The van der Waals surface area contributed by atoms with Crippen molar-refractivity contribution in [3.05, 3.63) is 103 Å². The van der Waals surface area contributed by atoms with Crippen molar-refractivity contribution in [2.24, 2.45) is 0 Å². The summed E-state index contributed by atoms with van der Waals surface area (Å²) < 4.78 is 5.78. The Labute approximate surface area is 204 Å². The van der Waals surface area contributed by atoms with Crippen LogP contribution in [-0.2, 0) is 17.9 Å². The van der Waals surface area contributed by atoms with E-state index < -0.39 is 0 Å². The van der Waals surface area contributed by atoms with Crippen LogP contribution in [0.25, 0.3) is 6.08 Å². The number of benzene rings is 3. The Bertz CT molecular complexity index is 1210. The molecule has 2 amide bonds. The third-order valence-electron chi connectivity index (χ3n) is 4.75. The summed E-state index contributed by atoms with van der Waals surface area (Å²) in [5.41, 5.74) is 2.33. The number of rotatable bonds is 6. The van der Waals surface area contributed by atoms with Crippen LogP contribution in [0, 0.1) is 0 Å². The topological polar surface area (TPSA) is 46.6 Å². The van der Waals surface area contributed by atoms with Gasteiger partial charge in [0.05, 0.1) is 11.4 Å². The molecule has 1 aliphatic rings. The van der Waals surface area contributed by atoms with E-state index in [1.807, 2.05) is 24.3 Å². The number of amides is 2. The average Bonchev–Trinajstić information content (AvgIpc) is 3.03. The molecule has 3 aromatic carbocycles. The molecule has 3 aromatic rings. The summed E-state index contributed by atoms with van der Waals surface area (Å²) >= 11 is 19.2. The molecule has 0 saturated carbocycles. The first-order valence-electron chi connectivity index (χ1n) is 9.56. The van der Waals surface area contributed by atoms with Crippen molar-refractivity contribution in [3.63, 3.8) is 0 Å². The fourth-order valence-electron chi connectivity index (χ4n) is 3.04. The Hall–Kier alpha value is -2.44. The minimum Gasteiger partial charge on any atom is -0.489 e. The number of carbonyl (C=O) groups is 2. The van der Waals surface area contributed by atoms with Crippen molar-refractivity contribution < 1.29 is 14.3 Å². The minimum absolute atomic E-state index is 0.141. The second kappa shape index (κ2) is 10.0. The summed E-state index contributed by atoms with van der Waals surface area (Å²) in [7, 11) is 0. The summed E-state index contributed by atoms with van der Waals surface area (Å²) in [5.74, 6) is 0.317. The van der Waals surface area contributed by atoms with Crippen LogP contribution in [0.15, 0.2) is 71.6 Å². The Kier molecular flexibility index (Phi) is 7.11. The zero-order valence-corrected chi connectivity index (χ0v) is 19.6. The molecule has 1 fully saturated rings. The molecule has 0 aliphatic carbocycles. The second-order valence-electron chi connectivity index (χ2n) is 6.95. The van der Waals surface area contributed by atoms with Crippen LogP contribution in [-0.4, -0.2) is 16.0 Å². The SMILES string of the molecule is O=C1S/C(=C/c2ccc(OCc3ccc(Cl)cc3Cl)cc2)C(=O)N1Cc1ccccc1Cl. The number of nitrogens with zero attached hydrogens (tertiary/aromatic N) is 1. The van der Waals surface area contributed by atoms with Gasteiger partial charge in [-0.05, 0) is 59.3 Å². The van der Waals surface area contributed by atoms with Crippen molar-refractivity contribution in [1.82, 2.24) is 4.90 Å². The summed E-state index contributed by atoms with van der Waals surface area (Å²) in [4.78, 5) is 26.7. The number of hydrogen-bond donors (Lipinski definition) is 0. The molecule has 0 spiro atoms. The van der Waals surface area contributed by atoms with E-state index in [1.54, 1.807) is 48.5 Å². The van der Waals surface area contributed by atoms with Gasteiger partial charge in [-0.15, -0.1) is 0 Å². The molecule has 0 radical (unpaired) electrons. The van der Waals surface area contributed by atoms with E-state index >= 15 is 0 Å². The van der Waals surface area contributed by atoms with E-state index in [-0.39, 0.29) is 17.7 Å². The maximum atomic E-state index is 12.7. The maximum absolute atomic E-state index is 12.7. The van der Waals surface area contributed by atoms with E-state index in [1.165, 1.54) is 4.90 Å². The van der Waals surface area contributed by atoms with Crippen LogP contribution >= 0.6 is 46.6 Å². The monoisotopic (exact) mass is 503 g/mol. The average molecular weight is 505 g/mol. The molecule has 1 saturated heterocycles. The third-order valence-corrected chi connectivity index (χ3v) is 6.61. The molecule has 162 valence electrons. The molecule has 8 heteroatoms. The quantitative estimate of drug-likeness (QED) is 0.327. The molecule has 0 bridgehead atoms. The highest BCUT2D eigenvalue weighted by atomic mass is 35.5. The number of halogens is 3. The van der Waals surface area contributed by atoms with Crippen molar-refractivity contribution in [2.75, 3.05) is 0 Å². The molecule has 0 aromatic heterocycles. The van der Waals surface area contributed by atoms with E-state index in [4.69, 9.17) is 39.5 Å². The van der Waals surface area contributed by atoms with Gasteiger partial charge in [0, 0.05) is 20.6 Å². The van der Waals surface area contributed by atoms with E-state index in [0.717, 1.165) is 28.5 Å². The molecule has 4 rings (SSSR count). The van der Waals surface area contributed by atoms with Crippen molar-refractivity contribution in [3.8, 4) is 5.75 Å². The van der Waals surface area contributed by atoms with Crippen LogP contribution in [0.3, 0.4) is 0 Å². The zero-order valence-electron chi connectivity index (χ0n) is 16.6. The number of hydrogen-bond acceptors (Lipinski definition) is 4. The molecular formula is C24H16Cl3NO3S. The molecule has 1 heterocycles. The highest BCUT2D eigenvalue weighted by Gasteiger charge is 2.35. The predicted octanol–water partition coefficient (Wildman–Crippen LogP) is 7.46. The smallest absolute Gasteiger partial charge is 0.293 e. The molecule has 4 nitrogen and oxygen atoms in total. The lowest BCUT2D eigenvalue weighted by Crippen LogP contribution is -2.27. The highest BCUT2D eigenvalue weighted by Crippen LogP contribution is 2.34. The lowest BCUT2D eigenvalue weighted by Gasteiger charge is -2.13. The van der Waals surface area contributed by atoms with Crippen molar-refractivity contribution in [1.29, 1.82) is 0 Å². The van der Waals surface area contributed by atoms with Crippen LogP contribution in [0.5, 0.6) is 5.75 Å². The number of imide groups is 1. The van der Waals surface area contributed by atoms with E-state index in [2.05, 4.69) is 0 Å². The lowest BCUT2D eigenvalue weighted by molar-refractivity contribution is -0.123. The van der Waals surface area contributed by atoms with Gasteiger partial charge < -0.3 is 4.74 Å². The summed E-state index contributed by atoms with van der Waals surface area (Å²) in [5, 5.41) is 1.31. The lowest BCUT2D eigenvalue weighted by atomic mass is 10.2. The second-order valence-corrected chi connectivity index (χ2v) is 9.20. The number of ether oxygens (including phenoxy) is 1. The predicted molar refractivity (Wildman–Crippen MR) is 130 cm³/mol. The van der Waals surface area contributed by atoms with E-state index in [0.29, 0.717) is 32.3 Å². The van der Waals surface area contributed by atoms with Crippen molar-refractivity contribution >= 4 is 63.8 Å². The van der Waals surface area contributed by atoms with Gasteiger partial charge in [0.15, 0.2) is 0 Å². The molecule has 0 unspecified atom stereocenters. The molecule has 0 atom stereocenters. The zero-order chi connectivity index (χ0) is 22.7. The van der Waals surface area contributed by atoms with Crippen LogP contribution < -0.4 is 4.74 Å².